The molecule has 1 amide bonds. The van der Waals surface area contributed by atoms with Crippen LogP contribution in [0.4, 0.5) is 10.8 Å². The van der Waals surface area contributed by atoms with E-state index >= 15 is 0 Å². The average Bonchev–Trinajstić information content (AvgIpc) is 2.94. The Morgan fingerprint density at radius 1 is 1.28 bits per heavy atom. The molecule has 0 fully saturated rings. The first-order chi connectivity index (χ1) is 11.6. The van der Waals surface area contributed by atoms with Crippen molar-refractivity contribution < 1.29 is 13.2 Å². The van der Waals surface area contributed by atoms with E-state index in [4.69, 9.17) is 5.73 Å². The SMILES string of the molecule is CC(C)C[C@H](N)C(=O)Nc1nc(-c2ccc(NS(C)(=O)=O)cc2)cs1. The molecule has 0 radical (unpaired) electrons. The summed E-state index contributed by atoms with van der Waals surface area (Å²) in [6, 6.07) is 6.28. The highest BCUT2D eigenvalue weighted by Gasteiger charge is 2.16. The molecule has 0 saturated heterocycles. The van der Waals surface area contributed by atoms with Gasteiger partial charge in [0.1, 0.15) is 0 Å². The van der Waals surface area contributed by atoms with Crippen LogP contribution in [0.15, 0.2) is 29.6 Å². The fourth-order valence-electron chi connectivity index (χ4n) is 2.20. The zero-order chi connectivity index (χ0) is 18.6. The average molecular weight is 383 g/mol. The first-order valence-electron chi connectivity index (χ1n) is 7.74. The molecule has 0 bridgehead atoms. The molecule has 136 valence electrons. The predicted molar refractivity (Wildman–Crippen MR) is 102 cm³/mol. The van der Waals surface area contributed by atoms with E-state index in [1.807, 2.05) is 19.2 Å². The minimum absolute atomic E-state index is 0.248. The Hall–Kier alpha value is -1.97. The van der Waals surface area contributed by atoms with E-state index in [1.165, 1.54) is 11.3 Å². The first kappa shape index (κ1) is 19.4. The van der Waals surface area contributed by atoms with Gasteiger partial charge >= 0.3 is 0 Å². The van der Waals surface area contributed by atoms with E-state index in [0.717, 1.165) is 11.8 Å². The quantitative estimate of drug-likeness (QED) is 0.681. The van der Waals surface area contributed by atoms with Gasteiger partial charge < -0.3 is 11.1 Å². The van der Waals surface area contributed by atoms with Gasteiger partial charge in [-0.05, 0) is 24.5 Å². The van der Waals surface area contributed by atoms with Gasteiger partial charge in [0.2, 0.25) is 15.9 Å². The molecule has 9 heteroatoms. The second kappa shape index (κ2) is 7.94. The van der Waals surface area contributed by atoms with Crippen molar-refractivity contribution in [2.24, 2.45) is 11.7 Å². The van der Waals surface area contributed by atoms with Crippen molar-refractivity contribution >= 4 is 38.1 Å². The van der Waals surface area contributed by atoms with E-state index in [9.17, 15) is 13.2 Å². The van der Waals surface area contributed by atoms with Crippen LogP contribution in [0.3, 0.4) is 0 Å². The fraction of sp³-hybridized carbons (Fsp3) is 0.375. The van der Waals surface area contributed by atoms with Gasteiger partial charge in [-0.25, -0.2) is 13.4 Å². The van der Waals surface area contributed by atoms with Crippen molar-refractivity contribution in [3.63, 3.8) is 0 Å². The molecule has 4 N–H and O–H groups in total. The number of carbonyl (C=O) groups excluding carboxylic acids is 1. The van der Waals surface area contributed by atoms with Crippen LogP contribution >= 0.6 is 11.3 Å². The van der Waals surface area contributed by atoms with Gasteiger partial charge in [-0.2, -0.15) is 0 Å². The Morgan fingerprint density at radius 2 is 1.92 bits per heavy atom. The Morgan fingerprint density at radius 3 is 2.48 bits per heavy atom. The highest BCUT2D eigenvalue weighted by Crippen LogP contribution is 2.26. The molecule has 0 aliphatic rings. The molecule has 25 heavy (non-hydrogen) atoms. The summed E-state index contributed by atoms with van der Waals surface area (Å²) in [7, 11) is -3.30. The Kier molecular flexibility index (Phi) is 6.15. The van der Waals surface area contributed by atoms with Crippen LogP contribution in [-0.2, 0) is 14.8 Å². The number of hydrogen-bond acceptors (Lipinski definition) is 6. The number of aromatic nitrogens is 1. The number of nitrogens with two attached hydrogens (primary N) is 1. The lowest BCUT2D eigenvalue weighted by molar-refractivity contribution is -0.117. The summed E-state index contributed by atoms with van der Waals surface area (Å²) in [5, 5.41) is 5.04. The van der Waals surface area contributed by atoms with Crippen molar-refractivity contribution in [2.75, 3.05) is 16.3 Å². The molecule has 2 rings (SSSR count). The van der Waals surface area contributed by atoms with E-state index < -0.39 is 16.1 Å². The lowest BCUT2D eigenvalue weighted by Gasteiger charge is -2.12. The summed E-state index contributed by atoms with van der Waals surface area (Å²) < 4.78 is 24.8. The molecule has 0 unspecified atom stereocenters. The molecule has 0 saturated carbocycles. The number of amides is 1. The van der Waals surface area contributed by atoms with Crippen LogP contribution in [-0.4, -0.2) is 31.6 Å². The molecule has 1 atom stereocenters. The van der Waals surface area contributed by atoms with Gasteiger partial charge in [-0.3, -0.25) is 9.52 Å². The third kappa shape index (κ3) is 6.11. The predicted octanol–water partition coefficient (Wildman–Crippen LogP) is 2.49. The summed E-state index contributed by atoms with van der Waals surface area (Å²) in [5.74, 6) is 0.0916. The van der Waals surface area contributed by atoms with Gasteiger partial charge in [0.05, 0.1) is 18.0 Å². The summed E-state index contributed by atoms with van der Waals surface area (Å²) in [4.78, 5) is 16.4. The summed E-state index contributed by atoms with van der Waals surface area (Å²) in [6.07, 6.45) is 1.71. The van der Waals surface area contributed by atoms with Crippen molar-refractivity contribution in [1.29, 1.82) is 0 Å². The monoisotopic (exact) mass is 382 g/mol. The molecule has 1 aromatic heterocycles. The summed E-state index contributed by atoms with van der Waals surface area (Å²) in [6.45, 7) is 4.02. The Labute approximate surface area is 151 Å². The number of sulfonamides is 1. The number of anilines is 2. The van der Waals surface area contributed by atoms with Crippen LogP contribution in [0.25, 0.3) is 11.3 Å². The largest absolute Gasteiger partial charge is 0.320 e. The molecule has 1 heterocycles. The molecular formula is C16H22N4O3S2. The fourth-order valence-corrected chi connectivity index (χ4v) is 3.49. The van der Waals surface area contributed by atoms with Crippen LogP contribution in [0.5, 0.6) is 0 Å². The van der Waals surface area contributed by atoms with E-state index in [-0.39, 0.29) is 5.91 Å². The Bertz CT molecular complexity index is 829. The number of thiazole rings is 1. The van der Waals surface area contributed by atoms with Crippen molar-refractivity contribution in [2.45, 2.75) is 26.3 Å². The third-order valence-electron chi connectivity index (χ3n) is 3.28. The van der Waals surface area contributed by atoms with Gasteiger partial charge in [0, 0.05) is 16.6 Å². The molecule has 7 nitrogen and oxygen atoms in total. The number of benzene rings is 1. The van der Waals surface area contributed by atoms with E-state index in [2.05, 4.69) is 15.0 Å². The number of rotatable bonds is 7. The zero-order valence-electron chi connectivity index (χ0n) is 14.3. The highest BCUT2D eigenvalue weighted by atomic mass is 32.2. The second-order valence-electron chi connectivity index (χ2n) is 6.21. The van der Waals surface area contributed by atoms with Gasteiger partial charge in [0.15, 0.2) is 5.13 Å². The maximum absolute atomic E-state index is 12.0. The number of nitrogens with zero attached hydrogens (tertiary/aromatic N) is 1. The number of hydrogen-bond donors (Lipinski definition) is 3. The van der Waals surface area contributed by atoms with Gasteiger partial charge in [-0.1, -0.05) is 26.0 Å². The molecule has 0 aliphatic heterocycles. The van der Waals surface area contributed by atoms with E-state index in [1.54, 1.807) is 24.3 Å². The highest BCUT2D eigenvalue weighted by molar-refractivity contribution is 7.92. The second-order valence-corrected chi connectivity index (χ2v) is 8.82. The molecule has 1 aromatic carbocycles. The third-order valence-corrected chi connectivity index (χ3v) is 4.64. The lowest BCUT2D eigenvalue weighted by Crippen LogP contribution is -2.36. The van der Waals surface area contributed by atoms with Crippen molar-refractivity contribution in [3.05, 3.63) is 29.6 Å². The van der Waals surface area contributed by atoms with Crippen LogP contribution in [0.2, 0.25) is 0 Å². The van der Waals surface area contributed by atoms with Crippen molar-refractivity contribution in [1.82, 2.24) is 4.98 Å². The smallest absolute Gasteiger partial charge is 0.243 e. The van der Waals surface area contributed by atoms with Crippen molar-refractivity contribution in [3.8, 4) is 11.3 Å². The normalized spacial score (nSPS) is 12.8. The van der Waals surface area contributed by atoms with Crippen LogP contribution in [0.1, 0.15) is 20.3 Å². The first-order valence-corrected chi connectivity index (χ1v) is 10.5. The van der Waals surface area contributed by atoms with Crippen LogP contribution in [0, 0.1) is 5.92 Å². The zero-order valence-corrected chi connectivity index (χ0v) is 15.9. The maximum Gasteiger partial charge on any atom is 0.243 e. The minimum Gasteiger partial charge on any atom is -0.320 e. The van der Waals surface area contributed by atoms with Gasteiger partial charge in [0.25, 0.3) is 0 Å². The lowest BCUT2D eigenvalue weighted by atomic mass is 10.0. The molecular weight excluding hydrogens is 360 g/mol. The van der Waals surface area contributed by atoms with Crippen LogP contribution < -0.4 is 15.8 Å². The van der Waals surface area contributed by atoms with E-state index in [0.29, 0.717) is 28.9 Å². The molecule has 0 aliphatic carbocycles. The topological polar surface area (TPSA) is 114 Å². The standard InChI is InChI=1S/C16H22N4O3S2/c1-10(2)8-13(17)15(21)19-16-18-14(9-24-16)11-4-6-12(7-5-11)20-25(3,22)23/h4-7,9-10,13,20H,8,17H2,1-3H3,(H,18,19,21)/t13-/m0/s1. The summed E-state index contributed by atoms with van der Waals surface area (Å²) in [5.41, 5.74) is 7.86. The van der Waals surface area contributed by atoms with Gasteiger partial charge in [-0.15, -0.1) is 11.3 Å². The molecule has 0 spiro atoms. The Balaban J connectivity index is 2.04. The number of nitrogens with one attached hydrogen (secondary N) is 2. The maximum atomic E-state index is 12.0. The minimum atomic E-state index is -3.30. The summed E-state index contributed by atoms with van der Waals surface area (Å²) >= 11 is 1.31. The number of carbonyl (C=O) groups is 1. The molecule has 2 aromatic rings.